The number of esters is 1. The van der Waals surface area contributed by atoms with Crippen molar-refractivity contribution in [3.05, 3.63) is 103 Å². The molecule has 4 nitrogen and oxygen atoms in total. The van der Waals surface area contributed by atoms with Crippen molar-refractivity contribution in [2.45, 2.75) is 0 Å². The standard InChI is InChI=1S/C25H20O4/c26-25(29-24-15-10-19-6-4-5-7-21(19)18-24)20-11-13-23(14-12-20)28-17-16-27-22-8-2-1-3-9-22/h1-15,18H,16-17H2. The van der Waals surface area contributed by atoms with Crippen molar-refractivity contribution in [2.75, 3.05) is 13.2 Å². The molecule has 0 saturated carbocycles. The van der Waals surface area contributed by atoms with Crippen LogP contribution in [0.4, 0.5) is 0 Å². The van der Waals surface area contributed by atoms with Crippen LogP contribution in [-0.2, 0) is 0 Å². The average molecular weight is 384 g/mol. The van der Waals surface area contributed by atoms with E-state index in [0.29, 0.717) is 30.3 Å². The molecule has 0 saturated heterocycles. The Balaban J connectivity index is 1.30. The lowest BCUT2D eigenvalue weighted by Crippen LogP contribution is -2.10. The summed E-state index contributed by atoms with van der Waals surface area (Å²) in [7, 11) is 0. The molecule has 0 radical (unpaired) electrons. The minimum Gasteiger partial charge on any atom is -0.490 e. The summed E-state index contributed by atoms with van der Waals surface area (Å²) in [5.74, 6) is 1.60. The Hall–Kier alpha value is -3.79. The van der Waals surface area contributed by atoms with Gasteiger partial charge in [0.15, 0.2) is 0 Å². The molecular weight excluding hydrogens is 364 g/mol. The Bertz CT molecular complexity index is 1090. The first-order valence-corrected chi connectivity index (χ1v) is 9.40. The lowest BCUT2D eigenvalue weighted by molar-refractivity contribution is 0.0735. The van der Waals surface area contributed by atoms with Crippen molar-refractivity contribution in [1.29, 1.82) is 0 Å². The van der Waals surface area contributed by atoms with Gasteiger partial charge in [-0.1, -0.05) is 48.5 Å². The van der Waals surface area contributed by atoms with E-state index < -0.39 is 5.97 Å². The first-order chi connectivity index (χ1) is 14.3. The SMILES string of the molecule is O=C(Oc1ccc2ccccc2c1)c1ccc(OCCOc2ccccc2)cc1. The summed E-state index contributed by atoms with van der Waals surface area (Å²) in [6.45, 7) is 0.853. The molecule has 0 unspecified atom stereocenters. The molecule has 4 aromatic rings. The van der Waals surface area contributed by atoms with Gasteiger partial charge >= 0.3 is 5.97 Å². The first-order valence-electron chi connectivity index (χ1n) is 9.40. The van der Waals surface area contributed by atoms with Gasteiger partial charge < -0.3 is 14.2 Å². The van der Waals surface area contributed by atoms with E-state index in [2.05, 4.69) is 0 Å². The number of hydrogen-bond acceptors (Lipinski definition) is 4. The van der Waals surface area contributed by atoms with Crippen LogP contribution in [0.25, 0.3) is 10.8 Å². The van der Waals surface area contributed by atoms with Crippen molar-refractivity contribution < 1.29 is 19.0 Å². The van der Waals surface area contributed by atoms with Crippen molar-refractivity contribution in [3.8, 4) is 17.2 Å². The van der Waals surface area contributed by atoms with Crippen molar-refractivity contribution in [3.63, 3.8) is 0 Å². The number of carbonyl (C=O) groups is 1. The van der Waals surface area contributed by atoms with Gasteiger partial charge in [0.2, 0.25) is 0 Å². The molecule has 4 heteroatoms. The maximum Gasteiger partial charge on any atom is 0.343 e. The smallest absolute Gasteiger partial charge is 0.343 e. The summed E-state index contributed by atoms with van der Waals surface area (Å²) in [4.78, 5) is 12.4. The summed E-state index contributed by atoms with van der Waals surface area (Å²) in [6.07, 6.45) is 0. The first kappa shape index (κ1) is 18.6. The van der Waals surface area contributed by atoms with Crippen molar-refractivity contribution in [2.24, 2.45) is 0 Å². The highest BCUT2D eigenvalue weighted by molar-refractivity contribution is 5.92. The van der Waals surface area contributed by atoms with E-state index in [1.54, 1.807) is 30.3 Å². The molecule has 0 aromatic heterocycles. The van der Waals surface area contributed by atoms with E-state index in [9.17, 15) is 4.79 Å². The molecule has 0 aliphatic rings. The Morgan fingerprint density at radius 3 is 1.90 bits per heavy atom. The third-order valence-corrected chi connectivity index (χ3v) is 4.39. The minimum atomic E-state index is -0.403. The van der Waals surface area contributed by atoms with E-state index in [0.717, 1.165) is 16.5 Å². The zero-order valence-electron chi connectivity index (χ0n) is 15.8. The number of fused-ring (bicyclic) bond motifs is 1. The highest BCUT2D eigenvalue weighted by Crippen LogP contribution is 2.22. The van der Waals surface area contributed by atoms with Crippen molar-refractivity contribution in [1.82, 2.24) is 0 Å². The summed E-state index contributed by atoms with van der Waals surface area (Å²) < 4.78 is 16.7. The molecule has 0 fully saturated rings. The molecule has 144 valence electrons. The maximum absolute atomic E-state index is 12.4. The van der Waals surface area contributed by atoms with E-state index >= 15 is 0 Å². The predicted octanol–water partition coefficient (Wildman–Crippen LogP) is 5.52. The number of benzene rings is 4. The number of ether oxygens (including phenoxy) is 3. The van der Waals surface area contributed by atoms with Crippen LogP contribution in [-0.4, -0.2) is 19.2 Å². The van der Waals surface area contributed by atoms with Crippen LogP contribution in [0, 0.1) is 0 Å². The van der Waals surface area contributed by atoms with Crippen LogP contribution in [0.3, 0.4) is 0 Å². The van der Waals surface area contributed by atoms with Crippen LogP contribution in [0.5, 0.6) is 17.2 Å². The summed E-state index contributed by atoms with van der Waals surface area (Å²) in [5, 5.41) is 2.13. The highest BCUT2D eigenvalue weighted by Gasteiger charge is 2.09. The normalized spacial score (nSPS) is 10.5. The molecule has 29 heavy (non-hydrogen) atoms. The Kier molecular flexibility index (Phi) is 5.72. The van der Waals surface area contributed by atoms with Gasteiger partial charge in [0.1, 0.15) is 30.5 Å². The lowest BCUT2D eigenvalue weighted by atomic mass is 10.1. The molecule has 0 N–H and O–H groups in total. The molecule has 0 aliphatic heterocycles. The fraction of sp³-hybridized carbons (Fsp3) is 0.0800. The molecule has 0 bridgehead atoms. The molecule has 0 amide bonds. The number of carbonyl (C=O) groups excluding carboxylic acids is 1. The third kappa shape index (κ3) is 4.93. The minimum absolute atomic E-state index is 0.403. The highest BCUT2D eigenvalue weighted by atomic mass is 16.5. The van der Waals surface area contributed by atoms with Gasteiger partial charge in [0, 0.05) is 0 Å². The molecule has 4 rings (SSSR count). The predicted molar refractivity (Wildman–Crippen MR) is 113 cm³/mol. The zero-order chi connectivity index (χ0) is 19.9. The number of para-hydroxylation sites is 1. The summed E-state index contributed by atoms with van der Waals surface area (Å²) >= 11 is 0. The van der Waals surface area contributed by atoms with E-state index in [4.69, 9.17) is 14.2 Å². The van der Waals surface area contributed by atoms with Crippen LogP contribution >= 0.6 is 0 Å². The van der Waals surface area contributed by atoms with Gasteiger partial charge in [0.05, 0.1) is 5.56 Å². The monoisotopic (exact) mass is 384 g/mol. The largest absolute Gasteiger partial charge is 0.490 e. The summed E-state index contributed by atoms with van der Waals surface area (Å²) in [5.41, 5.74) is 0.464. The van der Waals surface area contributed by atoms with E-state index in [1.165, 1.54) is 0 Å². The van der Waals surface area contributed by atoms with Crippen LogP contribution in [0.2, 0.25) is 0 Å². The topological polar surface area (TPSA) is 44.8 Å². The van der Waals surface area contributed by atoms with Crippen LogP contribution in [0.1, 0.15) is 10.4 Å². The zero-order valence-corrected chi connectivity index (χ0v) is 15.8. The Labute approximate surface area is 169 Å². The lowest BCUT2D eigenvalue weighted by Gasteiger charge is -2.09. The van der Waals surface area contributed by atoms with Gasteiger partial charge in [0.25, 0.3) is 0 Å². The Morgan fingerprint density at radius 1 is 0.586 bits per heavy atom. The maximum atomic E-state index is 12.4. The molecular formula is C25H20O4. The van der Waals surface area contributed by atoms with Gasteiger partial charge in [-0.25, -0.2) is 4.79 Å². The number of rotatable bonds is 7. The second-order valence-electron chi connectivity index (χ2n) is 6.43. The quantitative estimate of drug-likeness (QED) is 0.239. The van der Waals surface area contributed by atoms with E-state index in [1.807, 2.05) is 66.7 Å². The second kappa shape index (κ2) is 8.93. The van der Waals surface area contributed by atoms with Crippen molar-refractivity contribution >= 4 is 16.7 Å². The van der Waals surface area contributed by atoms with E-state index in [-0.39, 0.29) is 0 Å². The van der Waals surface area contributed by atoms with Crippen LogP contribution in [0.15, 0.2) is 97.1 Å². The number of hydrogen-bond donors (Lipinski definition) is 0. The van der Waals surface area contributed by atoms with Gasteiger partial charge in [-0.2, -0.15) is 0 Å². The Morgan fingerprint density at radius 2 is 1.17 bits per heavy atom. The summed E-state index contributed by atoms with van der Waals surface area (Å²) in [6, 6.07) is 30.0. The fourth-order valence-corrected chi connectivity index (χ4v) is 2.92. The molecule has 0 atom stereocenters. The van der Waals surface area contributed by atoms with Gasteiger partial charge in [-0.3, -0.25) is 0 Å². The fourth-order valence-electron chi connectivity index (χ4n) is 2.92. The molecule has 0 heterocycles. The third-order valence-electron chi connectivity index (χ3n) is 4.39. The molecule has 0 spiro atoms. The van der Waals surface area contributed by atoms with Gasteiger partial charge in [-0.15, -0.1) is 0 Å². The van der Waals surface area contributed by atoms with Crippen LogP contribution < -0.4 is 14.2 Å². The molecule has 4 aromatic carbocycles. The molecule has 0 aliphatic carbocycles. The average Bonchev–Trinajstić information content (AvgIpc) is 2.78. The van der Waals surface area contributed by atoms with Gasteiger partial charge in [-0.05, 0) is 59.3 Å². The second-order valence-corrected chi connectivity index (χ2v) is 6.43.